The van der Waals surface area contributed by atoms with Gasteiger partial charge in [0, 0.05) is 24.0 Å². The zero-order valence-electron chi connectivity index (χ0n) is 11.5. The molecule has 0 saturated carbocycles. The molecule has 5 nitrogen and oxygen atoms in total. The summed E-state index contributed by atoms with van der Waals surface area (Å²) in [6.07, 6.45) is 0. The topological polar surface area (TPSA) is 61.0 Å². The summed E-state index contributed by atoms with van der Waals surface area (Å²) in [6, 6.07) is 4.83. The van der Waals surface area contributed by atoms with Gasteiger partial charge in [-0.15, -0.1) is 0 Å². The lowest BCUT2D eigenvalue weighted by Crippen LogP contribution is -2.03. The summed E-state index contributed by atoms with van der Waals surface area (Å²) in [7, 11) is 3.07. The molecule has 0 atom stereocenters. The summed E-state index contributed by atoms with van der Waals surface area (Å²) in [6.45, 7) is 0.812. The minimum atomic E-state index is -0.137. The predicted molar refractivity (Wildman–Crippen MR) is 86.2 cm³/mol. The highest BCUT2D eigenvalue weighted by Gasteiger charge is 2.15. The van der Waals surface area contributed by atoms with Crippen LogP contribution < -0.4 is 14.9 Å². The summed E-state index contributed by atoms with van der Waals surface area (Å²) >= 11 is 3.04. The monoisotopic (exact) mass is 323 g/mol. The van der Waals surface area contributed by atoms with Crippen molar-refractivity contribution in [2.24, 2.45) is 4.99 Å². The van der Waals surface area contributed by atoms with E-state index in [0.29, 0.717) is 27.6 Å². The second-order valence-electron chi connectivity index (χ2n) is 4.23. The van der Waals surface area contributed by atoms with E-state index in [1.807, 2.05) is 0 Å². The molecular weight excluding hydrogens is 310 g/mol. The number of benzene rings is 1. The molecular formula is C14H13NO4S2. The van der Waals surface area contributed by atoms with Crippen LogP contribution in [0.1, 0.15) is 0 Å². The van der Waals surface area contributed by atoms with E-state index in [4.69, 9.17) is 13.9 Å². The van der Waals surface area contributed by atoms with Gasteiger partial charge in [0.25, 0.3) is 0 Å². The van der Waals surface area contributed by atoms with Crippen LogP contribution in [0.3, 0.4) is 0 Å². The third kappa shape index (κ3) is 2.89. The molecule has 0 fully saturated rings. The first-order chi connectivity index (χ1) is 10.2. The molecule has 0 aliphatic carbocycles. The quantitative estimate of drug-likeness (QED) is 0.865. The minimum Gasteiger partial charge on any atom is -0.496 e. The molecule has 0 radical (unpaired) electrons. The summed E-state index contributed by atoms with van der Waals surface area (Å²) in [4.78, 5) is 16.7. The molecule has 3 rings (SSSR count). The average molecular weight is 323 g/mol. The Kier molecular flexibility index (Phi) is 4.12. The molecule has 110 valence electrons. The van der Waals surface area contributed by atoms with Crippen molar-refractivity contribution in [2.75, 3.05) is 26.5 Å². The highest BCUT2D eigenvalue weighted by molar-refractivity contribution is 8.39. The molecule has 7 heteroatoms. The van der Waals surface area contributed by atoms with Crippen molar-refractivity contribution in [3.63, 3.8) is 0 Å². The van der Waals surface area contributed by atoms with Crippen molar-refractivity contribution in [1.82, 2.24) is 0 Å². The van der Waals surface area contributed by atoms with Crippen LogP contribution in [-0.4, -0.2) is 30.9 Å². The van der Waals surface area contributed by atoms with E-state index >= 15 is 0 Å². The maximum absolute atomic E-state index is 12.3. The standard InChI is InChI=1S/C14H13NO4S2/c1-17-8-5-10(18-2)13-9(16)7-12(19-11(13)6-8)21-14-15-3-4-20-14/h5-7H,3-4H2,1-2H3. The number of fused-ring (bicyclic) bond motifs is 1. The van der Waals surface area contributed by atoms with E-state index in [1.165, 1.54) is 24.9 Å². The Labute approximate surface area is 129 Å². The van der Waals surface area contributed by atoms with Crippen LogP contribution in [0.4, 0.5) is 0 Å². The summed E-state index contributed by atoms with van der Waals surface area (Å²) in [5.41, 5.74) is 0.312. The predicted octanol–water partition coefficient (Wildman–Crippen LogP) is 3.01. The lowest BCUT2D eigenvalue weighted by atomic mass is 10.2. The Bertz CT molecular complexity index is 769. The lowest BCUT2D eigenvalue weighted by molar-refractivity contribution is 0.394. The van der Waals surface area contributed by atoms with Gasteiger partial charge in [-0.1, -0.05) is 11.8 Å². The molecule has 2 aromatic rings. The normalized spacial score (nSPS) is 14.3. The van der Waals surface area contributed by atoms with Crippen LogP contribution in [0.5, 0.6) is 11.5 Å². The zero-order chi connectivity index (χ0) is 14.8. The maximum atomic E-state index is 12.3. The Balaban J connectivity index is 2.11. The van der Waals surface area contributed by atoms with Crippen molar-refractivity contribution in [3.8, 4) is 11.5 Å². The van der Waals surface area contributed by atoms with Crippen LogP contribution in [0.25, 0.3) is 11.0 Å². The lowest BCUT2D eigenvalue weighted by Gasteiger charge is -2.08. The van der Waals surface area contributed by atoms with Gasteiger partial charge in [0.05, 0.1) is 20.8 Å². The van der Waals surface area contributed by atoms with Gasteiger partial charge in [-0.3, -0.25) is 9.79 Å². The van der Waals surface area contributed by atoms with Crippen molar-refractivity contribution in [1.29, 1.82) is 0 Å². The second kappa shape index (κ2) is 6.03. The number of thioether (sulfide) groups is 2. The van der Waals surface area contributed by atoms with Gasteiger partial charge in [0.2, 0.25) is 0 Å². The van der Waals surface area contributed by atoms with Crippen LogP contribution in [-0.2, 0) is 0 Å². The first-order valence-corrected chi connectivity index (χ1v) is 8.06. The van der Waals surface area contributed by atoms with E-state index in [1.54, 1.807) is 31.0 Å². The fraction of sp³-hybridized carbons (Fsp3) is 0.286. The fourth-order valence-electron chi connectivity index (χ4n) is 2.00. The molecule has 0 amide bonds. The van der Waals surface area contributed by atoms with Gasteiger partial charge in [-0.05, 0) is 11.8 Å². The Morgan fingerprint density at radius 3 is 2.81 bits per heavy atom. The Morgan fingerprint density at radius 1 is 1.29 bits per heavy atom. The largest absolute Gasteiger partial charge is 0.496 e. The van der Waals surface area contributed by atoms with Crippen LogP contribution >= 0.6 is 23.5 Å². The average Bonchev–Trinajstić information content (AvgIpc) is 2.98. The van der Waals surface area contributed by atoms with Gasteiger partial charge in [-0.25, -0.2) is 0 Å². The Hall–Kier alpha value is -1.60. The molecule has 0 unspecified atom stereocenters. The minimum absolute atomic E-state index is 0.137. The van der Waals surface area contributed by atoms with Crippen LogP contribution in [0.15, 0.2) is 37.5 Å². The third-order valence-electron chi connectivity index (χ3n) is 2.95. The van der Waals surface area contributed by atoms with Gasteiger partial charge in [0.1, 0.15) is 26.8 Å². The second-order valence-corrected chi connectivity index (χ2v) is 6.57. The maximum Gasteiger partial charge on any atom is 0.197 e. The van der Waals surface area contributed by atoms with E-state index in [0.717, 1.165) is 16.7 Å². The Morgan fingerprint density at radius 2 is 2.14 bits per heavy atom. The number of rotatable bonds is 3. The summed E-state index contributed by atoms with van der Waals surface area (Å²) < 4.78 is 17.2. The van der Waals surface area contributed by atoms with Gasteiger partial charge in [0.15, 0.2) is 10.5 Å². The summed E-state index contributed by atoms with van der Waals surface area (Å²) in [5, 5.41) is 0.944. The number of nitrogens with zero attached hydrogens (tertiary/aromatic N) is 1. The van der Waals surface area contributed by atoms with E-state index < -0.39 is 0 Å². The number of aliphatic imine (C=N–C) groups is 1. The molecule has 0 spiro atoms. The molecule has 0 bridgehead atoms. The van der Waals surface area contributed by atoms with Crippen molar-refractivity contribution >= 4 is 38.9 Å². The van der Waals surface area contributed by atoms with Gasteiger partial charge in [-0.2, -0.15) is 0 Å². The molecule has 1 aliphatic heterocycles. The van der Waals surface area contributed by atoms with Crippen LogP contribution in [0, 0.1) is 0 Å². The highest BCUT2D eigenvalue weighted by atomic mass is 32.2. The third-order valence-corrected chi connectivity index (χ3v) is 5.02. The van der Waals surface area contributed by atoms with Crippen molar-refractivity contribution < 1.29 is 13.9 Å². The number of hydrogen-bond acceptors (Lipinski definition) is 7. The number of ether oxygens (including phenoxy) is 2. The SMILES string of the molecule is COc1cc(OC)c2c(=O)cc(SC3=NCCS3)oc2c1. The van der Waals surface area contributed by atoms with Crippen molar-refractivity contribution in [3.05, 3.63) is 28.4 Å². The molecule has 21 heavy (non-hydrogen) atoms. The van der Waals surface area contributed by atoms with Gasteiger partial charge < -0.3 is 13.9 Å². The molecule has 1 aromatic heterocycles. The first kappa shape index (κ1) is 14.3. The molecule has 0 saturated heterocycles. The van der Waals surface area contributed by atoms with E-state index in [2.05, 4.69) is 4.99 Å². The van der Waals surface area contributed by atoms with Crippen LogP contribution in [0.2, 0.25) is 0 Å². The van der Waals surface area contributed by atoms with E-state index in [9.17, 15) is 4.79 Å². The zero-order valence-corrected chi connectivity index (χ0v) is 13.2. The van der Waals surface area contributed by atoms with E-state index in [-0.39, 0.29) is 5.43 Å². The van der Waals surface area contributed by atoms with Crippen molar-refractivity contribution in [2.45, 2.75) is 5.09 Å². The smallest absolute Gasteiger partial charge is 0.197 e. The number of methoxy groups -OCH3 is 2. The first-order valence-electron chi connectivity index (χ1n) is 6.26. The molecule has 1 aromatic carbocycles. The highest BCUT2D eigenvalue weighted by Crippen LogP contribution is 2.33. The fourth-order valence-corrected chi connectivity index (χ4v) is 3.90. The summed E-state index contributed by atoms with van der Waals surface area (Å²) in [5.74, 6) is 2.00. The number of hydrogen-bond donors (Lipinski definition) is 0. The molecule has 1 aliphatic rings. The molecule has 2 heterocycles. The van der Waals surface area contributed by atoms with Gasteiger partial charge >= 0.3 is 0 Å². The molecule has 0 N–H and O–H groups in total.